The van der Waals surface area contributed by atoms with Crippen molar-refractivity contribution in [2.24, 2.45) is 0 Å². The Morgan fingerprint density at radius 2 is 1.91 bits per heavy atom. The van der Waals surface area contributed by atoms with Crippen molar-refractivity contribution in [3.8, 4) is 16.9 Å². The van der Waals surface area contributed by atoms with Gasteiger partial charge in [0.2, 0.25) is 11.8 Å². The smallest absolute Gasteiger partial charge is 0.227 e. The fourth-order valence-electron chi connectivity index (χ4n) is 4.03. The minimum atomic E-state index is -0.259. The van der Waals surface area contributed by atoms with E-state index in [1.165, 1.54) is 0 Å². The molecule has 1 fully saturated rings. The molecule has 3 N–H and O–H groups in total. The molecule has 0 aromatic heterocycles. The summed E-state index contributed by atoms with van der Waals surface area (Å²) < 4.78 is 11.5. The quantitative estimate of drug-likeness (QED) is 0.283. The highest BCUT2D eigenvalue weighted by atomic mass is 16.5. The van der Waals surface area contributed by atoms with Gasteiger partial charge in [0, 0.05) is 52.1 Å². The van der Waals surface area contributed by atoms with E-state index in [1.54, 1.807) is 14.2 Å². The lowest BCUT2D eigenvalue weighted by Gasteiger charge is -2.31. The molecule has 8 heteroatoms. The van der Waals surface area contributed by atoms with E-state index in [2.05, 4.69) is 10.6 Å². The number of piperidine rings is 1. The number of nitrogens with one attached hydrogen (secondary N) is 3. The molecule has 182 valence electrons. The van der Waals surface area contributed by atoms with E-state index in [0.717, 1.165) is 41.6 Å². The van der Waals surface area contributed by atoms with Gasteiger partial charge in [0.1, 0.15) is 0 Å². The van der Waals surface area contributed by atoms with E-state index in [9.17, 15) is 9.59 Å². The van der Waals surface area contributed by atoms with E-state index < -0.39 is 0 Å². The molecule has 1 heterocycles. The van der Waals surface area contributed by atoms with Gasteiger partial charge in [-0.3, -0.25) is 20.3 Å². The van der Waals surface area contributed by atoms with Crippen LogP contribution in [0.1, 0.15) is 37.7 Å². The van der Waals surface area contributed by atoms with Gasteiger partial charge in [-0.2, -0.15) is 0 Å². The zero-order valence-corrected chi connectivity index (χ0v) is 20.0. The molecule has 1 aliphatic heterocycles. The predicted molar refractivity (Wildman–Crippen MR) is 133 cm³/mol. The molecule has 34 heavy (non-hydrogen) atoms. The first kappa shape index (κ1) is 25.2. The number of methoxy groups -OCH3 is 1. The van der Waals surface area contributed by atoms with Crippen molar-refractivity contribution >= 4 is 23.5 Å². The molecule has 0 radical (unpaired) electrons. The second-order valence-electron chi connectivity index (χ2n) is 8.19. The third-order valence-corrected chi connectivity index (χ3v) is 5.77. The fraction of sp³-hybridized carbons (Fsp3) is 0.423. The van der Waals surface area contributed by atoms with Gasteiger partial charge in [-0.15, -0.1) is 0 Å². The number of anilines is 1. The molecule has 0 aliphatic carbocycles. The van der Waals surface area contributed by atoms with E-state index in [1.807, 2.05) is 47.4 Å². The van der Waals surface area contributed by atoms with E-state index in [0.29, 0.717) is 38.3 Å². The molecule has 1 aliphatic rings. The van der Waals surface area contributed by atoms with Gasteiger partial charge < -0.3 is 19.7 Å². The number of guanidine groups is 1. The molecule has 0 bridgehead atoms. The van der Waals surface area contributed by atoms with Gasteiger partial charge in [-0.25, -0.2) is 0 Å². The molecule has 0 saturated carbocycles. The summed E-state index contributed by atoms with van der Waals surface area (Å²) >= 11 is 0. The van der Waals surface area contributed by atoms with Crippen molar-refractivity contribution < 1.29 is 19.1 Å². The summed E-state index contributed by atoms with van der Waals surface area (Å²) in [4.78, 5) is 27.1. The number of hydrogen-bond acceptors (Lipinski definition) is 5. The Morgan fingerprint density at radius 3 is 2.62 bits per heavy atom. The maximum absolute atomic E-state index is 13.0. The van der Waals surface area contributed by atoms with Crippen molar-refractivity contribution in [1.82, 2.24) is 10.6 Å². The maximum atomic E-state index is 13.0. The van der Waals surface area contributed by atoms with Crippen LogP contribution in [-0.4, -0.2) is 51.7 Å². The van der Waals surface area contributed by atoms with E-state index in [4.69, 9.17) is 14.9 Å². The minimum absolute atomic E-state index is 0.0435. The number of amides is 2. The number of rotatable bonds is 10. The summed E-state index contributed by atoms with van der Waals surface area (Å²) in [5.74, 6) is 0.433. The lowest BCUT2D eigenvalue weighted by atomic mass is 9.96. The average molecular weight is 467 g/mol. The molecule has 0 atom stereocenters. The first-order valence-electron chi connectivity index (χ1n) is 11.7. The van der Waals surface area contributed by atoms with Gasteiger partial charge in [0.15, 0.2) is 11.7 Å². The van der Waals surface area contributed by atoms with Crippen molar-refractivity contribution in [2.45, 2.75) is 38.5 Å². The number of hydrogen-bond donors (Lipinski definition) is 3. The highest BCUT2D eigenvalue weighted by Gasteiger charge is 2.27. The number of ether oxygens (including phenoxy) is 2. The van der Waals surface area contributed by atoms with Crippen LogP contribution in [-0.2, 0) is 20.7 Å². The Balaban J connectivity index is 2.02. The highest BCUT2D eigenvalue weighted by Crippen LogP contribution is 2.43. The summed E-state index contributed by atoms with van der Waals surface area (Å²) in [6.45, 7) is 1.65. The van der Waals surface area contributed by atoms with Gasteiger partial charge in [0.25, 0.3) is 0 Å². The minimum Gasteiger partial charge on any atom is -0.491 e. The second kappa shape index (κ2) is 12.7. The van der Waals surface area contributed by atoms with Crippen molar-refractivity contribution in [1.29, 1.82) is 5.41 Å². The first-order chi connectivity index (χ1) is 16.5. The molecule has 8 nitrogen and oxygen atoms in total. The normalized spacial score (nSPS) is 13.5. The van der Waals surface area contributed by atoms with Gasteiger partial charge in [0.05, 0.1) is 12.3 Å². The molecular weight excluding hydrogens is 432 g/mol. The van der Waals surface area contributed by atoms with Gasteiger partial charge in [-0.05, 0) is 30.4 Å². The summed E-state index contributed by atoms with van der Waals surface area (Å²) in [6.07, 6.45) is 3.62. The molecule has 3 rings (SSSR count). The van der Waals surface area contributed by atoms with E-state index in [-0.39, 0.29) is 24.2 Å². The van der Waals surface area contributed by atoms with Crippen molar-refractivity contribution in [2.75, 3.05) is 38.8 Å². The fourth-order valence-corrected chi connectivity index (χ4v) is 4.03. The summed E-state index contributed by atoms with van der Waals surface area (Å²) in [5, 5.41) is 12.7. The van der Waals surface area contributed by atoms with Gasteiger partial charge >= 0.3 is 0 Å². The topological polar surface area (TPSA) is 104 Å². The second-order valence-corrected chi connectivity index (χ2v) is 8.19. The molecule has 2 aromatic rings. The number of aryl methyl sites for hydroxylation is 1. The molecule has 1 saturated heterocycles. The van der Waals surface area contributed by atoms with Crippen LogP contribution in [0.3, 0.4) is 0 Å². The van der Waals surface area contributed by atoms with Gasteiger partial charge in [-0.1, -0.05) is 42.5 Å². The number of carbonyl (C=O) groups is 2. The lowest BCUT2D eigenvalue weighted by Crippen LogP contribution is -2.38. The Bertz CT molecular complexity index is 994. The molecule has 0 spiro atoms. The SMILES string of the molecule is CNC(=N)NC(=O)CCc1ccc(-c2ccccc2)c(OCCCOC)c1N1CCCCC1=O. The lowest BCUT2D eigenvalue weighted by molar-refractivity contribution is -0.120. The predicted octanol–water partition coefficient (Wildman–Crippen LogP) is 3.49. The third-order valence-electron chi connectivity index (χ3n) is 5.77. The molecular formula is C26H34N4O4. The Labute approximate surface area is 201 Å². The zero-order valence-electron chi connectivity index (χ0n) is 20.0. The zero-order chi connectivity index (χ0) is 24.3. The highest BCUT2D eigenvalue weighted by molar-refractivity contribution is 5.99. The largest absolute Gasteiger partial charge is 0.491 e. The number of nitrogens with zero attached hydrogens (tertiary/aromatic N) is 1. The first-order valence-corrected chi connectivity index (χ1v) is 11.7. The molecule has 2 amide bonds. The van der Waals surface area contributed by atoms with Crippen LogP contribution in [0.25, 0.3) is 11.1 Å². The summed E-state index contributed by atoms with van der Waals surface area (Å²) in [5.41, 5.74) is 3.54. The van der Waals surface area contributed by atoms with Crippen LogP contribution >= 0.6 is 0 Å². The monoisotopic (exact) mass is 466 g/mol. The van der Waals surface area contributed by atoms with Crippen LogP contribution in [0.15, 0.2) is 42.5 Å². The molecule has 0 unspecified atom stereocenters. The Hall–Kier alpha value is -3.39. The molecule has 2 aromatic carbocycles. The van der Waals surface area contributed by atoms with Crippen LogP contribution in [0.2, 0.25) is 0 Å². The number of carbonyl (C=O) groups excluding carboxylic acids is 2. The van der Waals surface area contributed by atoms with Crippen LogP contribution < -0.4 is 20.3 Å². The van der Waals surface area contributed by atoms with Crippen LogP contribution in [0.4, 0.5) is 5.69 Å². The summed E-state index contributed by atoms with van der Waals surface area (Å²) in [7, 11) is 3.24. The van der Waals surface area contributed by atoms with E-state index >= 15 is 0 Å². The average Bonchev–Trinajstić information content (AvgIpc) is 2.86. The van der Waals surface area contributed by atoms with Crippen molar-refractivity contribution in [3.05, 3.63) is 48.0 Å². The van der Waals surface area contributed by atoms with Crippen molar-refractivity contribution in [3.63, 3.8) is 0 Å². The van der Waals surface area contributed by atoms with Crippen LogP contribution in [0, 0.1) is 5.41 Å². The van der Waals surface area contributed by atoms with Crippen LogP contribution in [0.5, 0.6) is 5.75 Å². The Kier molecular flexibility index (Phi) is 9.46. The summed E-state index contributed by atoms with van der Waals surface area (Å²) in [6, 6.07) is 14.0. The Morgan fingerprint density at radius 1 is 1.12 bits per heavy atom. The third kappa shape index (κ3) is 6.57. The maximum Gasteiger partial charge on any atom is 0.227 e. The standard InChI is InChI=1S/C26H34N4O4/c1-28-26(27)29-22(31)15-13-20-12-14-21(19-9-4-3-5-10-19)25(34-18-8-17-33-2)24(20)30-16-7-6-11-23(30)32/h3-5,9-10,12,14H,6-8,11,13,15-18H2,1-2H3,(H3,27,28,29,31). The number of benzene rings is 2.